The molecule has 5 nitrogen and oxygen atoms in total. The second kappa shape index (κ2) is 9.02. The standard InChI is InChI=1S/C21H25Cl2FN4O/c22-19-12-26-28(21(29)20(19)23)18-7-5-17(6-8-18)27(13-14-9-10-25-11-14)16-3-1-15(24)2-4-16/h1-4,12,14,17-18,25H,5-11,13H2. The number of rotatable bonds is 5. The fraction of sp³-hybridized carbons (Fsp3) is 0.524. The van der Waals surface area contributed by atoms with Gasteiger partial charge in [0, 0.05) is 18.3 Å². The minimum Gasteiger partial charge on any atom is -0.368 e. The summed E-state index contributed by atoms with van der Waals surface area (Å²) in [6.45, 7) is 3.04. The van der Waals surface area contributed by atoms with Gasteiger partial charge in [-0.2, -0.15) is 5.10 Å². The first-order chi connectivity index (χ1) is 14.0. The Morgan fingerprint density at radius 2 is 1.86 bits per heavy atom. The van der Waals surface area contributed by atoms with Gasteiger partial charge in [0.1, 0.15) is 10.8 Å². The van der Waals surface area contributed by atoms with Crippen LogP contribution in [0, 0.1) is 11.7 Å². The van der Waals surface area contributed by atoms with Gasteiger partial charge in [-0.25, -0.2) is 9.07 Å². The summed E-state index contributed by atoms with van der Waals surface area (Å²) in [5.74, 6) is 0.377. The number of anilines is 1. The van der Waals surface area contributed by atoms with Crippen molar-refractivity contribution in [1.29, 1.82) is 0 Å². The average Bonchev–Trinajstić information content (AvgIpc) is 3.25. The molecule has 0 bridgehead atoms. The van der Waals surface area contributed by atoms with Crippen molar-refractivity contribution in [2.24, 2.45) is 5.92 Å². The van der Waals surface area contributed by atoms with Crippen LogP contribution >= 0.6 is 23.2 Å². The predicted molar refractivity (Wildman–Crippen MR) is 115 cm³/mol. The molecule has 0 spiro atoms. The molecule has 0 amide bonds. The highest BCUT2D eigenvalue weighted by atomic mass is 35.5. The number of halogens is 3. The molecule has 29 heavy (non-hydrogen) atoms. The molecular weight excluding hydrogens is 414 g/mol. The van der Waals surface area contributed by atoms with Crippen LogP contribution < -0.4 is 15.8 Å². The van der Waals surface area contributed by atoms with Gasteiger partial charge in [0.25, 0.3) is 5.56 Å². The number of hydrogen-bond acceptors (Lipinski definition) is 4. The summed E-state index contributed by atoms with van der Waals surface area (Å²) in [5, 5.41) is 7.86. The van der Waals surface area contributed by atoms with E-state index in [0.29, 0.717) is 12.0 Å². The number of hydrogen-bond donors (Lipinski definition) is 1. The van der Waals surface area contributed by atoms with Gasteiger partial charge in [0.2, 0.25) is 0 Å². The van der Waals surface area contributed by atoms with Gasteiger partial charge in [-0.1, -0.05) is 23.2 Å². The van der Waals surface area contributed by atoms with Gasteiger partial charge in [0.15, 0.2) is 0 Å². The van der Waals surface area contributed by atoms with E-state index in [9.17, 15) is 9.18 Å². The second-order valence-corrected chi connectivity index (χ2v) is 8.79. The van der Waals surface area contributed by atoms with E-state index in [0.717, 1.165) is 57.4 Å². The summed E-state index contributed by atoms with van der Waals surface area (Å²) in [4.78, 5) is 14.8. The normalized spacial score (nSPS) is 24.6. The van der Waals surface area contributed by atoms with E-state index in [1.807, 2.05) is 12.1 Å². The molecule has 1 unspecified atom stereocenters. The molecule has 1 atom stereocenters. The zero-order valence-corrected chi connectivity index (χ0v) is 17.7. The minimum atomic E-state index is -0.324. The van der Waals surface area contributed by atoms with Gasteiger partial charge in [-0.15, -0.1) is 0 Å². The summed E-state index contributed by atoms with van der Waals surface area (Å²) in [7, 11) is 0. The molecule has 1 saturated heterocycles. The number of nitrogens with one attached hydrogen (secondary N) is 1. The fourth-order valence-corrected chi connectivity index (χ4v) is 4.81. The van der Waals surface area contributed by atoms with Crippen molar-refractivity contribution in [2.75, 3.05) is 24.5 Å². The third-order valence-corrected chi connectivity index (χ3v) is 6.88. The van der Waals surface area contributed by atoms with Crippen molar-refractivity contribution < 1.29 is 4.39 Å². The first kappa shape index (κ1) is 20.6. The predicted octanol–water partition coefficient (Wildman–Crippen LogP) is 4.29. The summed E-state index contributed by atoms with van der Waals surface area (Å²) in [5.41, 5.74) is 0.738. The molecule has 8 heteroatoms. The third kappa shape index (κ3) is 4.60. The molecule has 2 aliphatic rings. The molecule has 4 rings (SSSR count). The number of benzene rings is 1. The van der Waals surface area contributed by atoms with Gasteiger partial charge in [-0.3, -0.25) is 4.79 Å². The van der Waals surface area contributed by atoms with Crippen LogP contribution in [0.1, 0.15) is 38.1 Å². The largest absolute Gasteiger partial charge is 0.368 e. The SMILES string of the molecule is O=c1c(Cl)c(Cl)cnn1C1CCC(N(CC2CCNC2)c2ccc(F)cc2)CC1. The lowest BCUT2D eigenvalue weighted by atomic mass is 9.89. The quantitative estimate of drug-likeness (QED) is 0.756. The van der Waals surface area contributed by atoms with Crippen molar-refractivity contribution in [3.8, 4) is 0 Å². The first-order valence-electron chi connectivity index (χ1n) is 10.2. The van der Waals surface area contributed by atoms with Gasteiger partial charge in [0.05, 0.1) is 17.3 Å². The van der Waals surface area contributed by atoms with E-state index in [1.165, 1.54) is 23.0 Å². The van der Waals surface area contributed by atoms with Crippen molar-refractivity contribution in [3.05, 3.63) is 56.7 Å². The van der Waals surface area contributed by atoms with Gasteiger partial charge in [-0.05, 0) is 75.4 Å². The lowest BCUT2D eigenvalue weighted by Crippen LogP contribution is -2.43. The molecule has 1 aromatic heterocycles. The van der Waals surface area contributed by atoms with E-state index < -0.39 is 0 Å². The first-order valence-corrected chi connectivity index (χ1v) is 10.9. The Morgan fingerprint density at radius 1 is 1.14 bits per heavy atom. The lowest BCUT2D eigenvalue weighted by molar-refractivity contribution is 0.283. The summed E-state index contributed by atoms with van der Waals surface area (Å²) in [6, 6.07) is 7.18. The van der Waals surface area contributed by atoms with E-state index in [1.54, 1.807) is 0 Å². The number of aromatic nitrogens is 2. The van der Waals surface area contributed by atoms with Crippen LogP contribution in [0.3, 0.4) is 0 Å². The van der Waals surface area contributed by atoms with E-state index in [-0.39, 0.29) is 27.5 Å². The second-order valence-electron chi connectivity index (χ2n) is 8.01. The van der Waals surface area contributed by atoms with Crippen LogP contribution in [0.25, 0.3) is 0 Å². The van der Waals surface area contributed by atoms with E-state index in [4.69, 9.17) is 23.2 Å². The smallest absolute Gasteiger partial charge is 0.287 e. The highest BCUT2D eigenvalue weighted by Crippen LogP contribution is 2.34. The van der Waals surface area contributed by atoms with E-state index in [2.05, 4.69) is 15.3 Å². The summed E-state index contributed by atoms with van der Waals surface area (Å²) < 4.78 is 14.9. The Labute approximate surface area is 179 Å². The molecule has 156 valence electrons. The molecule has 0 radical (unpaired) electrons. The van der Waals surface area contributed by atoms with Crippen molar-refractivity contribution in [2.45, 2.75) is 44.2 Å². The molecule has 1 aliphatic carbocycles. The van der Waals surface area contributed by atoms with Crippen molar-refractivity contribution in [1.82, 2.24) is 15.1 Å². The zero-order valence-electron chi connectivity index (χ0n) is 16.2. The van der Waals surface area contributed by atoms with Crippen molar-refractivity contribution >= 4 is 28.9 Å². The van der Waals surface area contributed by atoms with Crippen molar-refractivity contribution in [3.63, 3.8) is 0 Å². The monoisotopic (exact) mass is 438 g/mol. The lowest BCUT2D eigenvalue weighted by Gasteiger charge is -2.39. The highest BCUT2D eigenvalue weighted by molar-refractivity contribution is 6.41. The topological polar surface area (TPSA) is 50.2 Å². The Hall–Kier alpha value is -1.63. The Balaban J connectivity index is 1.49. The van der Waals surface area contributed by atoms with Crippen LogP contribution in [-0.2, 0) is 0 Å². The zero-order chi connectivity index (χ0) is 20.4. The number of nitrogens with zero attached hydrogens (tertiary/aromatic N) is 3. The minimum absolute atomic E-state index is 0.0248. The van der Waals surface area contributed by atoms with Crippen LogP contribution in [-0.4, -0.2) is 35.5 Å². The van der Waals surface area contributed by atoms with Crippen LogP contribution in [0.4, 0.5) is 10.1 Å². The molecule has 2 heterocycles. The molecule has 1 N–H and O–H groups in total. The average molecular weight is 439 g/mol. The molecule has 2 fully saturated rings. The molecule has 1 aromatic carbocycles. The van der Waals surface area contributed by atoms with Crippen LogP contribution in [0.15, 0.2) is 35.3 Å². The summed E-state index contributed by atoms with van der Waals surface area (Å²) in [6.07, 6.45) is 6.17. The maximum Gasteiger partial charge on any atom is 0.287 e. The molecule has 1 saturated carbocycles. The van der Waals surface area contributed by atoms with Gasteiger partial charge >= 0.3 is 0 Å². The Morgan fingerprint density at radius 3 is 2.52 bits per heavy atom. The maximum atomic E-state index is 13.4. The third-order valence-electron chi connectivity index (χ3n) is 6.13. The summed E-state index contributed by atoms with van der Waals surface area (Å²) >= 11 is 11.9. The van der Waals surface area contributed by atoms with Crippen LogP contribution in [0.2, 0.25) is 10.0 Å². The molecule has 2 aromatic rings. The van der Waals surface area contributed by atoms with Gasteiger partial charge < -0.3 is 10.2 Å². The molecular formula is C21H25Cl2FN4O. The molecule has 1 aliphatic heterocycles. The van der Waals surface area contributed by atoms with Crippen LogP contribution in [0.5, 0.6) is 0 Å². The highest BCUT2D eigenvalue weighted by Gasteiger charge is 2.30. The fourth-order valence-electron chi connectivity index (χ4n) is 4.55. The Bertz CT molecular complexity index is 891. The Kier molecular flexibility index (Phi) is 6.42. The maximum absolute atomic E-state index is 13.4. The van der Waals surface area contributed by atoms with E-state index >= 15 is 0 Å².